The summed E-state index contributed by atoms with van der Waals surface area (Å²) in [6, 6.07) is 2.05. The van der Waals surface area contributed by atoms with Crippen LogP contribution >= 0.6 is 15.9 Å². The second kappa shape index (κ2) is 4.07. The van der Waals surface area contributed by atoms with Gasteiger partial charge in [-0.2, -0.15) is 0 Å². The molecule has 1 N–H and O–H groups in total. The minimum atomic E-state index is -0.372. The van der Waals surface area contributed by atoms with Crippen LogP contribution in [-0.2, 0) is 9.31 Å². The van der Waals surface area contributed by atoms with Crippen LogP contribution in [0.3, 0.4) is 0 Å². The summed E-state index contributed by atoms with van der Waals surface area (Å²) in [4.78, 5) is 7.50. The van der Waals surface area contributed by atoms with Crippen molar-refractivity contribution in [2.24, 2.45) is 0 Å². The van der Waals surface area contributed by atoms with E-state index in [2.05, 4.69) is 25.9 Å². The molecule has 0 amide bonds. The lowest BCUT2D eigenvalue weighted by atomic mass is 9.80. The third kappa shape index (κ3) is 2.02. The predicted molar refractivity (Wildman–Crippen MR) is 79.5 cm³/mol. The molecule has 2 aromatic rings. The summed E-state index contributed by atoms with van der Waals surface area (Å²) in [6.45, 7) is 8.19. The summed E-state index contributed by atoms with van der Waals surface area (Å²) in [5.74, 6) is 0. The Hall–Kier alpha value is -0.845. The average molecular weight is 323 g/mol. The fourth-order valence-corrected chi connectivity index (χ4v) is 2.51. The van der Waals surface area contributed by atoms with E-state index in [1.165, 1.54) is 0 Å². The van der Waals surface area contributed by atoms with Gasteiger partial charge in [-0.3, -0.25) is 0 Å². The molecule has 0 spiro atoms. The quantitative estimate of drug-likeness (QED) is 0.821. The van der Waals surface area contributed by atoms with Gasteiger partial charge in [0.15, 0.2) is 0 Å². The van der Waals surface area contributed by atoms with Gasteiger partial charge in [0.05, 0.1) is 11.2 Å². The van der Waals surface area contributed by atoms with Crippen molar-refractivity contribution in [2.45, 2.75) is 38.9 Å². The van der Waals surface area contributed by atoms with E-state index in [9.17, 15) is 0 Å². The number of fused-ring (bicyclic) bond motifs is 1. The molecule has 3 heterocycles. The van der Waals surface area contributed by atoms with Gasteiger partial charge >= 0.3 is 7.12 Å². The first-order chi connectivity index (χ1) is 8.80. The maximum atomic E-state index is 6.03. The van der Waals surface area contributed by atoms with Crippen LogP contribution in [-0.4, -0.2) is 28.3 Å². The Morgan fingerprint density at radius 2 is 1.84 bits per heavy atom. The first-order valence-electron chi connectivity index (χ1n) is 6.28. The van der Waals surface area contributed by atoms with Crippen LogP contribution in [0.1, 0.15) is 27.7 Å². The fourth-order valence-electron chi connectivity index (χ4n) is 2.10. The molecule has 2 aromatic heterocycles. The van der Waals surface area contributed by atoms with Crippen LogP contribution in [0.25, 0.3) is 11.0 Å². The van der Waals surface area contributed by atoms with Crippen molar-refractivity contribution in [2.75, 3.05) is 0 Å². The summed E-state index contributed by atoms with van der Waals surface area (Å²) in [5, 5.41) is 1.03. The number of nitrogens with one attached hydrogen (secondary N) is 1. The Balaban J connectivity index is 2.00. The number of aromatic amines is 1. The van der Waals surface area contributed by atoms with E-state index in [0.29, 0.717) is 0 Å². The molecule has 1 fully saturated rings. The first kappa shape index (κ1) is 13.2. The summed E-state index contributed by atoms with van der Waals surface area (Å²) in [7, 11) is -0.372. The summed E-state index contributed by atoms with van der Waals surface area (Å²) in [5.41, 5.74) is 1.13. The van der Waals surface area contributed by atoms with Crippen molar-refractivity contribution < 1.29 is 9.31 Å². The molecule has 0 bridgehead atoms. The van der Waals surface area contributed by atoms with Gasteiger partial charge in [0.1, 0.15) is 5.65 Å². The van der Waals surface area contributed by atoms with E-state index < -0.39 is 0 Å². The molecule has 1 aliphatic rings. The zero-order valence-corrected chi connectivity index (χ0v) is 13.0. The van der Waals surface area contributed by atoms with Crippen LogP contribution in [0.15, 0.2) is 22.9 Å². The van der Waals surface area contributed by atoms with E-state index in [1.807, 2.05) is 40.0 Å². The van der Waals surface area contributed by atoms with Crippen LogP contribution in [0.2, 0.25) is 0 Å². The van der Waals surface area contributed by atoms with Gasteiger partial charge < -0.3 is 14.3 Å². The van der Waals surface area contributed by atoms with Gasteiger partial charge in [-0.15, -0.1) is 0 Å². The maximum absolute atomic E-state index is 6.03. The molecule has 1 aliphatic heterocycles. The molecule has 4 nitrogen and oxygen atoms in total. The van der Waals surface area contributed by atoms with Crippen LogP contribution in [0.4, 0.5) is 0 Å². The molecule has 6 heteroatoms. The maximum Gasteiger partial charge on any atom is 0.496 e. The van der Waals surface area contributed by atoms with E-state index in [-0.39, 0.29) is 18.3 Å². The number of aromatic nitrogens is 2. The largest absolute Gasteiger partial charge is 0.496 e. The summed E-state index contributed by atoms with van der Waals surface area (Å²) >= 11 is 3.50. The predicted octanol–water partition coefficient (Wildman–Crippen LogP) is 2.62. The highest BCUT2D eigenvalue weighted by Crippen LogP contribution is 2.36. The number of rotatable bonds is 1. The lowest BCUT2D eigenvalue weighted by molar-refractivity contribution is 0.00578. The molecule has 0 aromatic carbocycles. The van der Waals surface area contributed by atoms with Crippen molar-refractivity contribution >= 4 is 39.5 Å². The highest BCUT2D eigenvalue weighted by atomic mass is 79.9. The number of hydrogen-bond donors (Lipinski definition) is 1. The lowest BCUT2D eigenvalue weighted by Crippen LogP contribution is -2.41. The molecular formula is C13H16BBrN2O2. The Bertz CT molecular complexity index is 623. The average Bonchev–Trinajstić information content (AvgIpc) is 2.78. The zero-order valence-electron chi connectivity index (χ0n) is 11.5. The molecule has 3 rings (SSSR count). The molecule has 100 valence electrons. The second-order valence-corrected chi connectivity index (χ2v) is 6.74. The number of pyridine rings is 1. The summed E-state index contributed by atoms with van der Waals surface area (Å²) < 4.78 is 13.0. The second-order valence-electron chi connectivity index (χ2n) is 5.89. The number of halogens is 1. The minimum Gasteiger partial charge on any atom is -0.399 e. The molecule has 1 saturated heterocycles. The molecule has 0 unspecified atom stereocenters. The molecule has 0 saturated carbocycles. The van der Waals surface area contributed by atoms with Crippen LogP contribution in [0.5, 0.6) is 0 Å². The van der Waals surface area contributed by atoms with E-state index in [0.717, 1.165) is 21.0 Å². The highest BCUT2D eigenvalue weighted by molar-refractivity contribution is 9.10. The zero-order chi connectivity index (χ0) is 13.8. The SMILES string of the molecule is CC1(C)OB(c2cnc3[nH]cc(Br)c3c2)OC1(C)C. The normalized spacial score (nSPS) is 21.2. The van der Waals surface area contributed by atoms with Crippen molar-refractivity contribution in [3.63, 3.8) is 0 Å². The van der Waals surface area contributed by atoms with Gasteiger partial charge in [-0.05, 0) is 49.7 Å². The summed E-state index contributed by atoms with van der Waals surface area (Å²) in [6.07, 6.45) is 3.68. The Labute approximate surface area is 121 Å². The van der Waals surface area contributed by atoms with Crippen LogP contribution in [0, 0.1) is 0 Å². The molecular weight excluding hydrogens is 307 g/mol. The Kier molecular flexibility index (Phi) is 2.82. The Morgan fingerprint density at radius 1 is 1.21 bits per heavy atom. The smallest absolute Gasteiger partial charge is 0.399 e. The van der Waals surface area contributed by atoms with Gasteiger partial charge in [0, 0.05) is 27.7 Å². The fraction of sp³-hybridized carbons (Fsp3) is 0.462. The monoisotopic (exact) mass is 322 g/mol. The van der Waals surface area contributed by atoms with Gasteiger partial charge in [0.25, 0.3) is 0 Å². The van der Waals surface area contributed by atoms with Gasteiger partial charge in [-0.25, -0.2) is 4.98 Å². The van der Waals surface area contributed by atoms with E-state index in [1.54, 1.807) is 6.20 Å². The van der Waals surface area contributed by atoms with Crippen molar-refractivity contribution in [3.8, 4) is 0 Å². The van der Waals surface area contributed by atoms with Crippen molar-refractivity contribution in [1.82, 2.24) is 9.97 Å². The highest BCUT2D eigenvalue weighted by Gasteiger charge is 2.51. The third-order valence-electron chi connectivity index (χ3n) is 4.03. The van der Waals surface area contributed by atoms with Crippen molar-refractivity contribution in [3.05, 3.63) is 22.9 Å². The number of nitrogens with zero attached hydrogens (tertiary/aromatic N) is 1. The molecule has 0 radical (unpaired) electrons. The molecule has 19 heavy (non-hydrogen) atoms. The van der Waals surface area contributed by atoms with E-state index >= 15 is 0 Å². The van der Waals surface area contributed by atoms with Gasteiger partial charge in [0.2, 0.25) is 0 Å². The van der Waals surface area contributed by atoms with Gasteiger partial charge in [-0.1, -0.05) is 0 Å². The van der Waals surface area contributed by atoms with E-state index in [4.69, 9.17) is 9.31 Å². The Morgan fingerprint density at radius 3 is 2.47 bits per heavy atom. The molecule has 0 aliphatic carbocycles. The topological polar surface area (TPSA) is 47.1 Å². The number of hydrogen-bond acceptors (Lipinski definition) is 3. The van der Waals surface area contributed by atoms with Crippen LogP contribution < -0.4 is 5.46 Å². The van der Waals surface area contributed by atoms with Crippen molar-refractivity contribution in [1.29, 1.82) is 0 Å². The molecule has 0 atom stereocenters. The first-order valence-corrected chi connectivity index (χ1v) is 7.08. The lowest BCUT2D eigenvalue weighted by Gasteiger charge is -2.32. The standard InChI is InChI=1S/C13H16BBrN2O2/c1-12(2)13(3,4)19-14(18-12)8-5-9-10(15)7-17-11(9)16-6-8/h5-7H,1-4H3,(H,16,17). The minimum absolute atomic E-state index is 0.331. The third-order valence-corrected chi connectivity index (χ3v) is 4.68. The number of H-pyrrole nitrogens is 1.